The van der Waals surface area contributed by atoms with Crippen LogP contribution in [-0.4, -0.2) is 73.6 Å². The van der Waals surface area contributed by atoms with Crippen LogP contribution in [0.4, 0.5) is 0 Å². The van der Waals surface area contributed by atoms with Crippen LogP contribution in [0.25, 0.3) is 0 Å². The SMILES string of the molecule is CCCCCCCC/C=C/CCCCCCCCN1CCN(CCCCCCCC/C=C/CCCCCCCC)CCN(CCCCCCCC/C=C/CCCCCCCC)CC1. The second kappa shape index (κ2) is 52.1. The molecular weight excluding hydrogens is 763 g/mol. The van der Waals surface area contributed by atoms with Gasteiger partial charge in [0.2, 0.25) is 0 Å². The molecule has 1 heterocycles. The number of unbranched alkanes of at least 4 members (excludes halogenated alkanes) is 36. The van der Waals surface area contributed by atoms with Gasteiger partial charge >= 0.3 is 0 Å². The second-order valence-electron chi connectivity index (χ2n) is 20.3. The highest BCUT2D eigenvalue weighted by Crippen LogP contribution is 2.15. The number of rotatable bonds is 48. The maximum Gasteiger partial charge on any atom is 0.0110 e. The summed E-state index contributed by atoms with van der Waals surface area (Å²) < 4.78 is 0. The van der Waals surface area contributed by atoms with Crippen molar-refractivity contribution in [1.82, 2.24) is 14.7 Å². The molecule has 1 aliphatic rings. The summed E-state index contributed by atoms with van der Waals surface area (Å²) in [6.07, 6.45) is 73.4. The molecule has 1 aliphatic heterocycles. The van der Waals surface area contributed by atoms with Gasteiger partial charge in [-0.1, -0.05) is 231 Å². The van der Waals surface area contributed by atoms with Crippen LogP contribution < -0.4 is 0 Å². The highest BCUT2D eigenvalue weighted by Gasteiger charge is 2.16. The lowest BCUT2D eigenvalue weighted by Crippen LogP contribution is -2.37. The minimum atomic E-state index is 1.28. The highest BCUT2D eigenvalue weighted by atomic mass is 15.3. The van der Waals surface area contributed by atoms with Crippen molar-refractivity contribution in [2.45, 2.75) is 290 Å². The van der Waals surface area contributed by atoms with Crippen molar-refractivity contribution in [2.24, 2.45) is 0 Å². The molecule has 63 heavy (non-hydrogen) atoms. The van der Waals surface area contributed by atoms with E-state index in [1.165, 1.54) is 329 Å². The minimum absolute atomic E-state index is 1.28. The van der Waals surface area contributed by atoms with Crippen molar-refractivity contribution in [3.05, 3.63) is 36.5 Å². The van der Waals surface area contributed by atoms with Gasteiger partial charge in [0.05, 0.1) is 0 Å². The average molecular weight is 881 g/mol. The first kappa shape index (κ1) is 60.1. The molecule has 0 saturated carbocycles. The summed E-state index contributed by atoms with van der Waals surface area (Å²) >= 11 is 0. The van der Waals surface area contributed by atoms with Crippen LogP contribution in [0.1, 0.15) is 290 Å². The lowest BCUT2D eigenvalue weighted by molar-refractivity contribution is 0.213. The first-order valence-electron chi connectivity index (χ1n) is 29.4. The van der Waals surface area contributed by atoms with E-state index >= 15 is 0 Å². The van der Waals surface area contributed by atoms with Gasteiger partial charge in [-0.15, -0.1) is 0 Å². The Bertz CT molecular complexity index is 809. The Morgan fingerprint density at radius 2 is 0.365 bits per heavy atom. The predicted octanol–water partition coefficient (Wildman–Crippen LogP) is 19.0. The first-order valence-corrected chi connectivity index (χ1v) is 29.4. The van der Waals surface area contributed by atoms with Gasteiger partial charge in [-0.05, 0) is 116 Å². The molecule has 0 aromatic rings. The Kier molecular flexibility index (Phi) is 49.7. The van der Waals surface area contributed by atoms with E-state index in [0.717, 1.165) is 0 Å². The zero-order valence-corrected chi connectivity index (χ0v) is 43.9. The Balaban J connectivity index is 2.31. The quantitative estimate of drug-likeness (QED) is 0.0445. The van der Waals surface area contributed by atoms with E-state index in [2.05, 4.69) is 71.9 Å². The first-order chi connectivity index (χ1) is 31.3. The van der Waals surface area contributed by atoms with Gasteiger partial charge < -0.3 is 14.7 Å². The molecule has 0 N–H and O–H groups in total. The number of hydrogen-bond acceptors (Lipinski definition) is 3. The Morgan fingerprint density at radius 3 is 0.556 bits per heavy atom. The summed E-state index contributed by atoms with van der Waals surface area (Å²) in [5, 5.41) is 0. The molecule has 0 amide bonds. The van der Waals surface area contributed by atoms with Crippen molar-refractivity contribution < 1.29 is 0 Å². The molecule has 0 radical (unpaired) electrons. The number of hydrogen-bond donors (Lipinski definition) is 0. The molecule has 1 fully saturated rings. The van der Waals surface area contributed by atoms with E-state index in [9.17, 15) is 0 Å². The van der Waals surface area contributed by atoms with Gasteiger partial charge in [0.25, 0.3) is 0 Å². The Hall–Kier alpha value is -0.900. The van der Waals surface area contributed by atoms with E-state index in [1.54, 1.807) is 0 Å². The molecule has 0 aromatic heterocycles. The predicted molar refractivity (Wildman–Crippen MR) is 288 cm³/mol. The summed E-state index contributed by atoms with van der Waals surface area (Å²) in [4.78, 5) is 8.55. The normalized spacial score (nSPS) is 15.1. The fourth-order valence-corrected chi connectivity index (χ4v) is 9.60. The maximum atomic E-state index is 2.85. The molecule has 0 aliphatic carbocycles. The van der Waals surface area contributed by atoms with Crippen molar-refractivity contribution in [3.8, 4) is 0 Å². The van der Waals surface area contributed by atoms with E-state index in [-0.39, 0.29) is 0 Å². The third-order valence-electron chi connectivity index (χ3n) is 14.2. The van der Waals surface area contributed by atoms with Gasteiger partial charge in [0.1, 0.15) is 0 Å². The van der Waals surface area contributed by atoms with Crippen molar-refractivity contribution in [3.63, 3.8) is 0 Å². The summed E-state index contributed by atoms with van der Waals surface area (Å²) in [6, 6.07) is 0. The summed E-state index contributed by atoms with van der Waals surface area (Å²) in [5.74, 6) is 0. The lowest BCUT2D eigenvalue weighted by atomic mass is 10.1. The highest BCUT2D eigenvalue weighted by molar-refractivity contribution is 4.83. The number of allylic oxidation sites excluding steroid dienone is 6. The van der Waals surface area contributed by atoms with E-state index in [4.69, 9.17) is 0 Å². The molecule has 3 heteroatoms. The molecule has 0 bridgehead atoms. The molecule has 0 aromatic carbocycles. The van der Waals surface area contributed by atoms with Crippen LogP contribution in [0.2, 0.25) is 0 Å². The second-order valence-corrected chi connectivity index (χ2v) is 20.3. The fourth-order valence-electron chi connectivity index (χ4n) is 9.60. The monoisotopic (exact) mass is 880 g/mol. The van der Waals surface area contributed by atoms with Gasteiger partial charge in [-0.25, -0.2) is 0 Å². The summed E-state index contributed by atoms with van der Waals surface area (Å²) in [6.45, 7) is 18.5. The molecule has 0 atom stereocenters. The lowest BCUT2D eigenvalue weighted by Gasteiger charge is -2.25. The minimum Gasteiger partial charge on any atom is -0.301 e. The van der Waals surface area contributed by atoms with Gasteiger partial charge in [0.15, 0.2) is 0 Å². The standard InChI is InChI=1S/C60H117N3/c1-4-7-10-13-16-19-22-25-28-31-34-37-40-43-46-49-52-61-55-57-62(53-50-47-44-41-38-35-32-29-26-23-20-17-14-11-8-5-2)59-60-63(58-56-61)54-51-48-45-42-39-36-33-30-27-24-21-18-15-12-9-6-3/h25-30H,4-24,31-60H2,1-3H3/b28-25+,29-26+,30-27+. The molecule has 1 saturated heterocycles. The zero-order chi connectivity index (χ0) is 45.0. The average Bonchev–Trinajstić information content (AvgIpc) is 3.39. The van der Waals surface area contributed by atoms with Gasteiger partial charge in [-0.2, -0.15) is 0 Å². The van der Waals surface area contributed by atoms with E-state index in [1.807, 2.05) is 0 Å². The Labute approximate surface area is 398 Å². The van der Waals surface area contributed by atoms with Crippen LogP contribution in [0.5, 0.6) is 0 Å². The molecular formula is C60H117N3. The van der Waals surface area contributed by atoms with Crippen molar-refractivity contribution >= 4 is 0 Å². The van der Waals surface area contributed by atoms with Gasteiger partial charge in [-0.3, -0.25) is 0 Å². The topological polar surface area (TPSA) is 9.72 Å². The van der Waals surface area contributed by atoms with Crippen molar-refractivity contribution in [2.75, 3.05) is 58.9 Å². The number of nitrogens with zero attached hydrogens (tertiary/aromatic N) is 3. The van der Waals surface area contributed by atoms with Crippen LogP contribution in [0, 0.1) is 0 Å². The molecule has 3 nitrogen and oxygen atoms in total. The van der Waals surface area contributed by atoms with Crippen LogP contribution in [-0.2, 0) is 0 Å². The fraction of sp³-hybridized carbons (Fsp3) is 0.900. The van der Waals surface area contributed by atoms with Gasteiger partial charge in [0, 0.05) is 39.3 Å². The summed E-state index contributed by atoms with van der Waals surface area (Å²) in [5.41, 5.74) is 0. The molecule has 0 spiro atoms. The maximum absolute atomic E-state index is 2.85. The zero-order valence-electron chi connectivity index (χ0n) is 43.9. The van der Waals surface area contributed by atoms with Crippen LogP contribution >= 0.6 is 0 Å². The third kappa shape index (κ3) is 46.0. The smallest absolute Gasteiger partial charge is 0.0110 e. The summed E-state index contributed by atoms with van der Waals surface area (Å²) in [7, 11) is 0. The third-order valence-corrected chi connectivity index (χ3v) is 14.2. The largest absolute Gasteiger partial charge is 0.301 e. The van der Waals surface area contributed by atoms with Crippen LogP contribution in [0.3, 0.4) is 0 Å². The van der Waals surface area contributed by atoms with Crippen LogP contribution in [0.15, 0.2) is 36.5 Å². The van der Waals surface area contributed by atoms with E-state index < -0.39 is 0 Å². The molecule has 1 rings (SSSR count). The molecule has 372 valence electrons. The molecule has 0 unspecified atom stereocenters. The van der Waals surface area contributed by atoms with Crippen molar-refractivity contribution in [1.29, 1.82) is 0 Å². The Morgan fingerprint density at radius 1 is 0.206 bits per heavy atom. The van der Waals surface area contributed by atoms with E-state index in [0.29, 0.717) is 0 Å².